The van der Waals surface area contributed by atoms with Gasteiger partial charge in [-0.2, -0.15) is 0 Å². The lowest BCUT2D eigenvalue weighted by Crippen LogP contribution is -1.61. The molecule has 0 radical (unpaired) electrons. The van der Waals surface area contributed by atoms with Gasteiger partial charge in [-0.25, -0.2) is 0 Å². The zero-order valence-corrected chi connectivity index (χ0v) is 3.83. The number of halogens is 1. The normalized spacial score (nSPS) is 5.50. The molecule has 0 aromatic carbocycles. The number of carbonyl (C=O) groups excluding carboxylic acids is 1. The summed E-state index contributed by atoms with van der Waals surface area (Å²) in [6, 6.07) is 0. The van der Waals surface area contributed by atoms with E-state index < -0.39 is 0 Å². The minimum Gasteiger partial charge on any atom is -0.302 e. The molecule has 0 aromatic heterocycles. The van der Waals surface area contributed by atoms with Gasteiger partial charge >= 0.3 is 0 Å². The Bertz CT molecular complexity index is 87.5. The van der Waals surface area contributed by atoms with Gasteiger partial charge in [0.25, 0.3) is 0 Å². The molecule has 0 rings (SSSR count). The van der Waals surface area contributed by atoms with Crippen molar-refractivity contribution in [1.82, 2.24) is 0 Å². The van der Waals surface area contributed by atoms with Crippen molar-refractivity contribution in [2.75, 3.05) is 0 Å². The van der Waals surface area contributed by atoms with E-state index in [1.54, 1.807) is 0 Å². The third-order valence-corrected chi connectivity index (χ3v) is 0.386. The Kier molecular flexibility index (Phi) is 4.16. The molecule has 0 aliphatic heterocycles. The molecule has 0 aliphatic rings. The Labute approximate surface area is 41.3 Å². The topological polar surface area (TPSA) is 17.1 Å². The molecule has 6 heavy (non-hydrogen) atoms. The van der Waals surface area contributed by atoms with E-state index in [2.05, 4.69) is 11.3 Å². The summed E-state index contributed by atoms with van der Waals surface area (Å²) in [5.74, 6) is 2.35. The maximum Gasteiger partial charge on any atom is 0.131 e. The largest absolute Gasteiger partial charge is 0.302 e. The first kappa shape index (κ1) is 5.52. The van der Waals surface area contributed by atoms with Gasteiger partial charge in [-0.3, -0.25) is 0 Å². The van der Waals surface area contributed by atoms with Crippen LogP contribution in [0.15, 0.2) is 0 Å². The van der Waals surface area contributed by atoms with Gasteiger partial charge in [0.05, 0.1) is 6.42 Å². The second kappa shape index (κ2) is 4.52. The highest BCUT2D eigenvalue weighted by molar-refractivity contribution is 6.30. The third kappa shape index (κ3) is 3.52. The van der Waals surface area contributed by atoms with Crippen molar-refractivity contribution in [2.45, 2.75) is 6.42 Å². The first-order valence-corrected chi connectivity index (χ1v) is 1.81. The van der Waals surface area contributed by atoms with Crippen LogP contribution in [-0.4, -0.2) is 6.29 Å². The maximum atomic E-state index is 9.40. The lowest BCUT2D eigenvalue weighted by Gasteiger charge is -1.57. The Morgan fingerprint density at radius 2 is 2.50 bits per heavy atom. The van der Waals surface area contributed by atoms with Crippen molar-refractivity contribution in [1.29, 1.82) is 0 Å². The molecule has 0 aromatic rings. The first-order valence-electron chi connectivity index (χ1n) is 1.44. The first-order chi connectivity index (χ1) is 2.91. The molecule has 0 aliphatic carbocycles. The van der Waals surface area contributed by atoms with E-state index in [-0.39, 0.29) is 6.42 Å². The van der Waals surface area contributed by atoms with Gasteiger partial charge in [0, 0.05) is 5.38 Å². The third-order valence-electron chi connectivity index (χ3n) is 0.252. The lowest BCUT2D eigenvalue weighted by molar-refractivity contribution is -0.107. The smallest absolute Gasteiger partial charge is 0.131 e. The van der Waals surface area contributed by atoms with Crippen LogP contribution in [-0.2, 0) is 4.79 Å². The summed E-state index contributed by atoms with van der Waals surface area (Å²) in [5.41, 5.74) is 0. The van der Waals surface area contributed by atoms with Crippen molar-refractivity contribution in [3.63, 3.8) is 0 Å². The van der Waals surface area contributed by atoms with Crippen LogP contribution >= 0.6 is 11.6 Å². The quantitative estimate of drug-likeness (QED) is 0.353. The van der Waals surface area contributed by atoms with Crippen LogP contribution < -0.4 is 0 Å². The number of carbonyl (C=O) groups is 1. The van der Waals surface area contributed by atoms with Crippen LogP contribution in [0.25, 0.3) is 0 Å². The molecule has 2 heteroatoms. The Hall–Kier alpha value is -0.480. The standard InChI is InChI=1S/C4H3ClO/c5-3-1-2-4-6/h4H,2H2. The highest BCUT2D eigenvalue weighted by Crippen LogP contribution is 1.66. The molecule has 0 amide bonds. The minimum absolute atomic E-state index is 0.240. The van der Waals surface area contributed by atoms with Crippen LogP contribution in [0, 0.1) is 11.3 Å². The molecule has 0 heterocycles. The average Bonchev–Trinajstić information content (AvgIpc) is 1.61. The average molecular weight is 103 g/mol. The molecule has 32 valence electrons. The maximum absolute atomic E-state index is 9.40. The molecule has 0 unspecified atom stereocenters. The van der Waals surface area contributed by atoms with E-state index in [4.69, 9.17) is 11.6 Å². The minimum atomic E-state index is 0.240. The van der Waals surface area contributed by atoms with Gasteiger partial charge in [0.1, 0.15) is 6.29 Å². The van der Waals surface area contributed by atoms with E-state index in [0.29, 0.717) is 6.29 Å². The number of rotatable bonds is 1. The summed E-state index contributed by atoms with van der Waals surface area (Å²) < 4.78 is 0. The fourth-order valence-electron chi connectivity index (χ4n) is 0.0802. The van der Waals surface area contributed by atoms with Crippen molar-refractivity contribution in [2.24, 2.45) is 0 Å². The Morgan fingerprint density at radius 3 is 2.67 bits per heavy atom. The van der Waals surface area contributed by atoms with Crippen molar-refractivity contribution in [3.8, 4) is 11.3 Å². The van der Waals surface area contributed by atoms with Crippen molar-refractivity contribution in [3.05, 3.63) is 0 Å². The Morgan fingerprint density at radius 1 is 1.83 bits per heavy atom. The van der Waals surface area contributed by atoms with Crippen LogP contribution in [0.3, 0.4) is 0 Å². The van der Waals surface area contributed by atoms with E-state index in [9.17, 15) is 4.79 Å². The predicted molar refractivity (Wildman–Crippen MR) is 24.3 cm³/mol. The fourth-order valence-corrected chi connectivity index (χ4v) is 0.157. The highest BCUT2D eigenvalue weighted by atomic mass is 35.5. The van der Waals surface area contributed by atoms with Gasteiger partial charge in [-0.05, 0) is 11.6 Å². The molecule has 0 saturated carbocycles. The summed E-state index contributed by atoms with van der Waals surface area (Å²) >= 11 is 4.86. The van der Waals surface area contributed by atoms with Crippen LogP contribution in [0.4, 0.5) is 0 Å². The monoisotopic (exact) mass is 102 g/mol. The predicted octanol–water partition coefficient (Wildman–Crippen LogP) is 0.775. The van der Waals surface area contributed by atoms with Crippen molar-refractivity contribution >= 4 is 17.9 Å². The van der Waals surface area contributed by atoms with E-state index >= 15 is 0 Å². The number of aldehydes is 1. The molecule has 0 fully saturated rings. The SMILES string of the molecule is O=CCC#CCl. The highest BCUT2D eigenvalue weighted by Gasteiger charge is 1.62. The summed E-state index contributed by atoms with van der Waals surface area (Å²) in [4.78, 5) is 9.40. The van der Waals surface area contributed by atoms with Gasteiger partial charge in [0.15, 0.2) is 0 Å². The molecule has 0 bridgehead atoms. The van der Waals surface area contributed by atoms with Gasteiger partial charge < -0.3 is 4.79 Å². The number of hydrogen-bond donors (Lipinski definition) is 0. The zero-order chi connectivity index (χ0) is 4.83. The number of hydrogen-bond acceptors (Lipinski definition) is 1. The van der Waals surface area contributed by atoms with E-state index in [1.165, 1.54) is 0 Å². The second-order valence-electron chi connectivity index (χ2n) is 0.642. The second-order valence-corrected chi connectivity index (χ2v) is 0.831. The van der Waals surface area contributed by atoms with Crippen LogP contribution in [0.2, 0.25) is 0 Å². The van der Waals surface area contributed by atoms with Crippen LogP contribution in [0.5, 0.6) is 0 Å². The molecule has 0 spiro atoms. The molecular formula is C4H3ClO. The molecule has 0 saturated heterocycles. The van der Waals surface area contributed by atoms with Gasteiger partial charge in [-0.1, -0.05) is 5.92 Å². The Balaban J connectivity index is 3.00. The van der Waals surface area contributed by atoms with E-state index in [1.807, 2.05) is 0 Å². The molecular weight excluding hydrogens is 99.5 g/mol. The molecule has 0 atom stereocenters. The molecule has 1 nitrogen and oxygen atoms in total. The van der Waals surface area contributed by atoms with Crippen molar-refractivity contribution < 1.29 is 4.79 Å². The summed E-state index contributed by atoms with van der Waals surface area (Å²) in [6.07, 6.45) is 0.943. The summed E-state index contributed by atoms with van der Waals surface area (Å²) in [6.45, 7) is 0. The van der Waals surface area contributed by atoms with Gasteiger partial charge in [0.2, 0.25) is 0 Å². The zero-order valence-electron chi connectivity index (χ0n) is 3.07. The lowest BCUT2D eigenvalue weighted by atomic mass is 10.5. The summed E-state index contributed by atoms with van der Waals surface area (Å²) in [7, 11) is 0. The molecule has 0 N–H and O–H groups in total. The van der Waals surface area contributed by atoms with E-state index in [0.717, 1.165) is 0 Å². The van der Waals surface area contributed by atoms with Gasteiger partial charge in [-0.15, -0.1) is 0 Å². The summed E-state index contributed by atoms with van der Waals surface area (Å²) in [5, 5.41) is 2.06. The van der Waals surface area contributed by atoms with Crippen LogP contribution in [0.1, 0.15) is 6.42 Å². The fraction of sp³-hybridized carbons (Fsp3) is 0.250.